The third-order valence-electron chi connectivity index (χ3n) is 3.96. The van der Waals surface area contributed by atoms with Crippen LogP contribution < -0.4 is 0 Å². The average molecular weight is 389 g/mol. The van der Waals surface area contributed by atoms with Gasteiger partial charge in [-0.3, -0.25) is 4.57 Å². The van der Waals surface area contributed by atoms with Crippen molar-refractivity contribution >= 4 is 11.8 Å². The lowest BCUT2D eigenvalue weighted by Crippen LogP contribution is -2.05. The van der Waals surface area contributed by atoms with Gasteiger partial charge in [0.25, 0.3) is 0 Å². The topological polar surface area (TPSA) is 30.7 Å². The minimum Gasteiger partial charge on any atom is -0.298 e. The number of thioether (sulfide) groups is 1. The van der Waals surface area contributed by atoms with Crippen molar-refractivity contribution in [3.8, 4) is 11.4 Å². The Labute approximate surface area is 159 Å². The highest BCUT2D eigenvalue weighted by Gasteiger charge is 2.30. The Hall–Kier alpha value is -2.54. The Morgan fingerprint density at radius 2 is 1.85 bits per heavy atom. The predicted octanol–water partition coefficient (Wildman–Crippen LogP) is 5.75. The second kappa shape index (κ2) is 8.00. The first kappa shape index (κ1) is 19.2. The van der Waals surface area contributed by atoms with E-state index in [1.165, 1.54) is 23.9 Å². The van der Waals surface area contributed by atoms with Crippen LogP contribution >= 0.6 is 11.8 Å². The summed E-state index contributed by atoms with van der Waals surface area (Å²) in [5.41, 5.74) is 2.02. The predicted molar refractivity (Wildman–Crippen MR) is 101 cm³/mol. The molecule has 0 amide bonds. The molecule has 0 aliphatic heterocycles. The Balaban J connectivity index is 1.83. The first-order valence-electron chi connectivity index (χ1n) is 8.28. The summed E-state index contributed by atoms with van der Waals surface area (Å²) in [6.07, 6.45) is -2.60. The lowest BCUT2D eigenvalue weighted by atomic mass is 10.1. The van der Waals surface area contributed by atoms with Crippen LogP contribution in [0.3, 0.4) is 0 Å². The second-order valence-electron chi connectivity index (χ2n) is 6.06. The van der Waals surface area contributed by atoms with Crippen LogP contribution in [-0.4, -0.2) is 14.8 Å². The van der Waals surface area contributed by atoms with Gasteiger partial charge in [0.2, 0.25) is 0 Å². The van der Waals surface area contributed by atoms with Crippen molar-refractivity contribution < 1.29 is 13.2 Å². The fourth-order valence-electron chi connectivity index (χ4n) is 2.59. The summed E-state index contributed by atoms with van der Waals surface area (Å²) >= 11 is 1.35. The summed E-state index contributed by atoms with van der Waals surface area (Å²) in [7, 11) is 0. The smallest absolute Gasteiger partial charge is 0.298 e. The van der Waals surface area contributed by atoms with Crippen molar-refractivity contribution in [3.63, 3.8) is 0 Å². The first-order valence-corrected chi connectivity index (χ1v) is 9.27. The summed E-state index contributed by atoms with van der Waals surface area (Å²) in [6.45, 7) is 6.30. The molecule has 3 aromatic rings. The molecule has 1 heterocycles. The maximum absolute atomic E-state index is 12.9. The molecule has 0 spiro atoms. The van der Waals surface area contributed by atoms with Gasteiger partial charge in [0, 0.05) is 17.9 Å². The van der Waals surface area contributed by atoms with Crippen molar-refractivity contribution in [2.45, 2.75) is 30.6 Å². The lowest BCUT2D eigenvalue weighted by Gasteiger charge is -2.10. The van der Waals surface area contributed by atoms with E-state index in [1.54, 1.807) is 12.1 Å². The first-order chi connectivity index (χ1) is 12.9. The molecule has 3 rings (SSSR count). The molecule has 0 fully saturated rings. The normalized spacial score (nSPS) is 11.6. The van der Waals surface area contributed by atoms with Crippen molar-refractivity contribution in [2.75, 3.05) is 0 Å². The largest absolute Gasteiger partial charge is 0.416 e. The SMILES string of the molecule is C=CCn1c(SCc2cccc(C(F)(F)F)c2)nnc1-c1ccc(C)cc1. The number of aryl methyl sites for hydroxylation is 1. The van der Waals surface area contributed by atoms with Crippen molar-refractivity contribution in [3.05, 3.63) is 77.9 Å². The number of hydrogen-bond donors (Lipinski definition) is 0. The number of benzene rings is 2. The van der Waals surface area contributed by atoms with Gasteiger partial charge in [0.15, 0.2) is 11.0 Å². The lowest BCUT2D eigenvalue weighted by molar-refractivity contribution is -0.137. The maximum atomic E-state index is 12.9. The highest BCUT2D eigenvalue weighted by molar-refractivity contribution is 7.98. The number of allylic oxidation sites excluding steroid dienone is 1. The van der Waals surface area contributed by atoms with E-state index in [0.29, 0.717) is 28.8 Å². The van der Waals surface area contributed by atoms with Crippen LogP contribution in [0.2, 0.25) is 0 Å². The number of nitrogens with zero attached hydrogens (tertiary/aromatic N) is 3. The zero-order valence-corrected chi connectivity index (χ0v) is 15.5. The highest BCUT2D eigenvalue weighted by Crippen LogP contribution is 2.31. The molecular weight excluding hydrogens is 371 g/mol. The molecule has 0 N–H and O–H groups in total. The van der Waals surface area contributed by atoms with Gasteiger partial charge in [-0.25, -0.2) is 0 Å². The third-order valence-corrected chi connectivity index (χ3v) is 5.00. The van der Waals surface area contributed by atoms with Crippen molar-refractivity contribution in [1.82, 2.24) is 14.8 Å². The fraction of sp³-hybridized carbons (Fsp3) is 0.200. The van der Waals surface area contributed by atoms with Gasteiger partial charge in [0.1, 0.15) is 0 Å². The van der Waals surface area contributed by atoms with E-state index in [9.17, 15) is 13.2 Å². The van der Waals surface area contributed by atoms with Crippen LogP contribution in [0, 0.1) is 6.92 Å². The molecule has 27 heavy (non-hydrogen) atoms. The van der Waals surface area contributed by atoms with Gasteiger partial charge in [-0.2, -0.15) is 13.2 Å². The average Bonchev–Trinajstić information content (AvgIpc) is 3.03. The summed E-state index contributed by atoms with van der Waals surface area (Å²) < 4.78 is 40.5. The Morgan fingerprint density at radius 3 is 2.52 bits per heavy atom. The van der Waals surface area contributed by atoms with Crippen LogP contribution in [-0.2, 0) is 18.5 Å². The molecule has 2 aromatic carbocycles. The van der Waals surface area contributed by atoms with Gasteiger partial charge in [-0.15, -0.1) is 16.8 Å². The Bertz CT molecular complexity index is 930. The minimum absolute atomic E-state index is 0.368. The van der Waals surface area contributed by atoms with E-state index < -0.39 is 11.7 Å². The number of halogens is 3. The second-order valence-corrected chi connectivity index (χ2v) is 7.00. The minimum atomic E-state index is -4.35. The number of aromatic nitrogens is 3. The molecule has 1 aromatic heterocycles. The molecule has 0 radical (unpaired) electrons. The van der Waals surface area contributed by atoms with E-state index in [0.717, 1.165) is 17.2 Å². The molecule has 0 bridgehead atoms. The standard InChI is InChI=1S/C20H18F3N3S/c1-3-11-26-18(16-9-7-14(2)8-10-16)24-25-19(26)27-13-15-5-4-6-17(12-15)20(21,22)23/h3-10,12H,1,11,13H2,2H3. The summed E-state index contributed by atoms with van der Waals surface area (Å²) in [5.74, 6) is 1.08. The van der Waals surface area contributed by atoms with Gasteiger partial charge in [-0.1, -0.05) is 65.9 Å². The van der Waals surface area contributed by atoms with Gasteiger partial charge in [-0.05, 0) is 18.6 Å². The molecule has 7 heteroatoms. The monoisotopic (exact) mass is 389 g/mol. The van der Waals surface area contributed by atoms with Crippen molar-refractivity contribution in [2.24, 2.45) is 0 Å². The Morgan fingerprint density at radius 1 is 1.11 bits per heavy atom. The molecule has 3 nitrogen and oxygen atoms in total. The van der Waals surface area contributed by atoms with Crippen LogP contribution in [0.5, 0.6) is 0 Å². The van der Waals surface area contributed by atoms with Crippen LogP contribution in [0.25, 0.3) is 11.4 Å². The third kappa shape index (κ3) is 4.60. The zero-order chi connectivity index (χ0) is 19.4. The van der Waals surface area contributed by atoms with Crippen LogP contribution in [0.4, 0.5) is 13.2 Å². The maximum Gasteiger partial charge on any atom is 0.416 e. The fourth-order valence-corrected chi connectivity index (χ4v) is 3.48. The van der Waals surface area contributed by atoms with E-state index in [-0.39, 0.29) is 0 Å². The van der Waals surface area contributed by atoms with E-state index in [2.05, 4.69) is 16.8 Å². The number of hydrogen-bond acceptors (Lipinski definition) is 3. The quantitative estimate of drug-likeness (QED) is 0.397. The molecule has 0 aliphatic carbocycles. The van der Waals surface area contributed by atoms with Crippen molar-refractivity contribution in [1.29, 1.82) is 0 Å². The molecule has 0 atom stereocenters. The van der Waals surface area contributed by atoms with Gasteiger partial charge in [0.05, 0.1) is 5.56 Å². The molecular formula is C20H18F3N3S. The number of rotatable bonds is 6. The van der Waals surface area contributed by atoms with E-state index in [1.807, 2.05) is 35.8 Å². The molecule has 0 saturated carbocycles. The van der Waals surface area contributed by atoms with Crippen LogP contribution in [0.1, 0.15) is 16.7 Å². The summed E-state index contributed by atoms with van der Waals surface area (Å²) in [6, 6.07) is 13.3. The Kier molecular flexibility index (Phi) is 5.70. The summed E-state index contributed by atoms with van der Waals surface area (Å²) in [4.78, 5) is 0. The molecule has 140 valence electrons. The highest BCUT2D eigenvalue weighted by atomic mass is 32.2. The summed E-state index contributed by atoms with van der Waals surface area (Å²) in [5, 5.41) is 9.14. The molecule has 0 unspecified atom stereocenters. The zero-order valence-electron chi connectivity index (χ0n) is 14.7. The number of alkyl halides is 3. The van der Waals surface area contributed by atoms with Gasteiger partial charge >= 0.3 is 6.18 Å². The van der Waals surface area contributed by atoms with E-state index >= 15 is 0 Å². The van der Waals surface area contributed by atoms with E-state index in [4.69, 9.17) is 0 Å². The molecule has 0 saturated heterocycles. The molecule has 0 aliphatic rings. The van der Waals surface area contributed by atoms with Gasteiger partial charge < -0.3 is 0 Å². The van der Waals surface area contributed by atoms with Crippen LogP contribution in [0.15, 0.2) is 66.3 Å².